The molecule has 2 aromatic heterocycles. The van der Waals surface area contributed by atoms with E-state index in [4.69, 9.17) is 4.42 Å². The number of carbonyl (C=O) groups is 3. The minimum Gasteiger partial charge on any atom is -0.469 e. The number of ether oxygens (including phenoxy) is 1. The fourth-order valence-corrected chi connectivity index (χ4v) is 2.69. The first-order chi connectivity index (χ1) is 12.0. The van der Waals surface area contributed by atoms with Crippen LogP contribution in [0.1, 0.15) is 22.7 Å². The van der Waals surface area contributed by atoms with Gasteiger partial charge in [-0.25, -0.2) is 0 Å². The quantitative estimate of drug-likeness (QED) is 0.778. The van der Waals surface area contributed by atoms with Crippen molar-refractivity contribution >= 4 is 17.8 Å². The van der Waals surface area contributed by atoms with Gasteiger partial charge in [0.1, 0.15) is 17.5 Å². The molecule has 1 saturated heterocycles. The number of rotatable bonds is 4. The first-order valence-corrected chi connectivity index (χ1v) is 7.77. The second-order valence-electron chi connectivity index (χ2n) is 5.66. The lowest BCUT2D eigenvalue weighted by atomic mass is 10.1. The highest BCUT2D eigenvalue weighted by molar-refractivity contribution is 5.98. The number of carbonyl (C=O) groups excluding carboxylic acids is 3. The molecule has 0 saturated carbocycles. The zero-order valence-electron chi connectivity index (χ0n) is 13.9. The zero-order chi connectivity index (χ0) is 18.0. The molecule has 0 bridgehead atoms. The molecule has 0 aliphatic carbocycles. The lowest BCUT2D eigenvalue weighted by Gasteiger charge is -2.33. The van der Waals surface area contributed by atoms with Crippen LogP contribution in [0.3, 0.4) is 0 Å². The van der Waals surface area contributed by atoms with Crippen molar-refractivity contribution < 1.29 is 23.5 Å². The fraction of sp³-hybridized carbons (Fsp3) is 0.375. The summed E-state index contributed by atoms with van der Waals surface area (Å²) in [4.78, 5) is 37.7. The molecule has 1 aliphatic rings. The van der Waals surface area contributed by atoms with Crippen LogP contribution in [0.15, 0.2) is 22.6 Å². The van der Waals surface area contributed by atoms with Gasteiger partial charge in [0, 0.05) is 19.2 Å². The van der Waals surface area contributed by atoms with Crippen LogP contribution >= 0.6 is 0 Å². The first-order valence-electron chi connectivity index (χ1n) is 7.77. The normalized spacial score (nSPS) is 17.3. The van der Waals surface area contributed by atoms with Crippen LogP contribution in [0, 0.1) is 6.92 Å². The summed E-state index contributed by atoms with van der Waals surface area (Å²) in [6.07, 6.45) is -0.206. The average molecular weight is 346 g/mol. The number of methoxy groups -OCH3 is 1. The van der Waals surface area contributed by atoms with E-state index in [1.807, 2.05) is 6.92 Å². The van der Waals surface area contributed by atoms with Gasteiger partial charge in [-0.1, -0.05) is 0 Å². The van der Waals surface area contributed by atoms with Gasteiger partial charge in [0.15, 0.2) is 11.5 Å². The van der Waals surface area contributed by atoms with E-state index in [2.05, 4.69) is 20.3 Å². The topological polar surface area (TPSA) is 118 Å². The predicted octanol–water partition coefficient (Wildman–Crippen LogP) is 0.482. The van der Waals surface area contributed by atoms with Crippen molar-refractivity contribution in [2.24, 2.45) is 0 Å². The van der Waals surface area contributed by atoms with Gasteiger partial charge >= 0.3 is 5.97 Å². The Morgan fingerprint density at radius 3 is 2.92 bits per heavy atom. The molecule has 2 N–H and O–H groups in total. The first kappa shape index (κ1) is 16.7. The zero-order valence-corrected chi connectivity index (χ0v) is 13.9. The highest BCUT2D eigenvalue weighted by Gasteiger charge is 2.36. The summed E-state index contributed by atoms with van der Waals surface area (Å²) in [6.45, 7) is 2.42. The van der Waals surface area contributed by atoms with E-state index in [0.717, 1.165) is 5.76 Å². The second kappa shape index (κ2) is 6.80. The lowest BCUT2D eigenvalue weighted by molar-refractivity contribution is -0.145. The Balaban J connectivity index is 1.81. The van der Waals surface area contributed by atoms with E-state index in [-0.39, 0.29) is 24.6 Å². The summed E-state index contributed by atoms with van der Waals surface area (Å²) in [5, 5.41) is 9.41. The van der Waals surface area contributed by atoms with Crippen molar-refractivity contribution in [2.75, 3.05) is 20.2 Å². The minimum absolute atomic E-state index is 0.147. The number of hydrogen-bond donors (Lipinski definition) is 2. The molecule has 2 amide bonds. The third-order valence-corrected chi connectivity index (χ3v) is 3.98. The number of aromatic nitrogens is 2. The molecule has 0 radical (unpaired) electrons. The van der Waals surface area contributed by atoms with Crippen molar-refractivity contribution in [2.45, 2.75) is 19.4 Å². The van der Waals surface area contributed by atoms with Gasteiger partial charge in [-0.15, -0.1) is 0 Å². The van der Waals surface area contributed by atoms with Gasteiger partial charge < -0.3 is 19.4 Å². The number of aromatic amines is 1. The molecule has 3 rings (SSSR count). The molecule has 9 nitrogen and oxygen atoms in total. The van der Waals surface area contributed by atoms with Crippen LogP contribution in [0.4, 0.5) is 0 Å². The number of nitrogens with one attached hydrogen (secondary N) is 2. The Morgan fingerprint density at radius 2 is 2.24 bits per heavy atom. The van der Waals surface area contributed by atoms with Gasteiger partial charge in [-0.05, 0) is 19.1 Å². The molecule has 0 spiro atoms. The van der Waals surface area contributed by atoms with E-state index in [9.17, 15) is 14.4 Å². The van der Waals surface area contributed by atoms with Crippen LogP contribution in [0.25, 0.3) is 11.5 Å². The minimum atomic E-state index is -0.917. The SMILES string of the molecule is COC(=O)CC1C(=O)NCCN1C(=O)c1cc(-c2ccc(C)o2)[nH]n1. The highest BCUT2D eigenvalue weighted by Crippen LogP contribution is 2.22. The number of aryl methyl sites for hydroxylation is 1. The van der Waals surface area contributed by atoms with E-state index >= 15 is 0 Å². The van der Waals surface area contributed by atoms with Crippen LogP contribution in [0.5, 0.6) is 0 Å². The molecule has 1 aliphatic heterocycles. The van der Waals surface area contributed by atoms with Gasteiger partial charge in [0.05, 0.1) is 13.5 Å². The van der Waals surface area contributed by atoms with Gasteiger partial charge in [-0.2, -0.15) is 5.10 Å². The van der Waals surface area contributed by atoms with Crippen molar-refractivity contribution in [3.05, 3.63) is 29.7 Å². The monoisotopic (exact) mass is 346 g/mol. The summed E-state index contributed by atoms with van der Waals surface area (Å²) in [5.41, 5.74) is 0.705. The third-order valence-electron chi connectivity index (χ3n) is 3.98. The molecule has 9 heteroatoms. The molecule has 0 aromatic carbocycles. The third kappa shape index (κ3) is 3.39. The van der Waals surface area contributed by atoms with E-state index in [1.54, 1.807) is 18.2 Å². The van der Waals surface area contributed by atoms with E-state index < -0.39 is 17.9 Å². The smallest absolute Gasteiger partial charge is 0.308 e. The number of H-pyrrole nitrogens is 1. The maximum atomic E-state index is 12.8. The summed E-state index contributed by atoms with van der Waals surface area (Å²) in [6, 6.07) is 4.21. The number of furan rings is 1. The van der Waals surface area contributed by atoms with Gasteiger partial charge in [-0.3, -0.25) is 19.5 Å². The number of piperazine rings is 1. The van der Waals surface area contributed by atoms with Crippen LogP contribution in [0.2, 0.25) is 0 Å². The lowest BCUT2D eigenvalue weighted by Crippen LogP contribution is -2.57. The fourth-order valence-electron chi connectivity index (χ4n) is 2.69. The highest BCUT2D eigenvalue weighted by atomic mass is 16.5. The summed E-state index contributed by atoms with van der Waals surface area (Å²) < 4.78 is 10.1. The molecule has 1 unspecified atom stereocenters. The molecule has 25 heavy (non-hydrogen) atoms. The second-order valence-corrected chi connectivity index (χ2v) is 5.66. The maximum Gasteiger partial charge on any atom is 0.308 e. The molecule has 3 heterocycles. The van der Waals surface area contributed by atoms with Gasteiger partial charge in [0.25, 0.3) is 5.91 Å². The molecule has 1 atom stereocenters. The molecule has 1 fully saturated rings. The Hall–Kier alpha value is -3.10. The van der Waals surface area contributed by atoms with Crippen molar-refractivity contribution in [1.29, 1.82) is 0 Å². The van der Waals surface area contributed by atoms with Gasteiger partial charge in [0.2, 0.25) is 5.91 Å². The average Bonchev–Trinajstić information content (AvgIpc) is 3.24. The number of nitrogens with zero attached hydrogens (tertiary/aromatic N) is 2. The van der Waals surface area contributed by atoms with E-state index in [0.29, 0.717) is 18.0 Å². The maximum absolute atomic E-state index is 12.8. The van der Waals surface area contributed by atoms with Crippen LogP contribution in [-0.2, 0) is 14.3 Å². The summed E-state index contributed by atoms with van der Waals surface area (Å²) in [5.74, 6) is -0.0829. The van der Waals surface area contributed by atoms with E-state index in [1.165, 1.54) is 12.0 Å². The largest absolute Gasteiger partial charge is 0.469 e. The van der Waals surface area contributed by atoms with Crippen LogP contribution in [-0.4, -0.2) is 59.1 Å². The Bertz CT molecular complexity index is 809. The summed E-state index contributed by atoms with van der Waals surface area (Å²) >= 11 is 0. The van der Waals surface area contributed by atoms with Crippen LogP contribution < -0.4 is 5.32 Å². The van der Waals surface area contributed by atoms with Crippen molar-refractivity contribution in [3.8, 4) is 11.5 Å². The number of amides is 2. The number of esters is 1. The molecular formula is C16H18N4O5. The molecular weight excluding hydrogens is 328 g/mol. The molecule has 2 aromatic rings. The Labute approximate surface area is 143 Å². The van der Waals surface area contributed by atoms with Crippen molar-refractivity contribution in [3.63, 3.8) is 0 Å². The Morgan fingerprint density at radius 1 is 1.44 bits per heavy atom. The van der Waals surface area contributed by atoms with Crippen molar-refractivity contribution in [1.82, 2.24) is 20.4 Å². The standard InChI is InChI=1S/C16H18N4O5/c1-9-3-4-13(25-9)10-7-11(19-18-10)16(23)20-6-5-17-15(22)12(20)8-14(21)24-2/h3-4,7,12H,5-6,8H2,1-2H3,(H,17,22)(H,18,19). The predicted molar refractivity (Wildman–Crippen MR) is 85.5 cm³/mol. The summed E-state index contributed by atoms with van der Waals surface area (Å²) in [7, 11) is 1.24. The molecule has 132 valence electrons. The Kier molecular flexibility index (Phi) is 4.55. The number of hydrogen-bond acceptors (Lipinski definition) is 6.